The normalized spacial score (nSPS) is 22.3. The Hall–Kier alpha value is -1.75. The highest BCUT2D eigenvalue weighted by atomic mass is 35.5. The molecule has 1 aliphatic carbocycles. The third-order valence-corrected chi connectivity index (χ3v) is 3.93. The highest BCUT2D eigenvalue weighted by Crippen LogP contribution is 2.34. The molecule has 2 fully saturated rings. The number of nitrogens with one attached hydrogen (secondary N) is 1. The number of rotatable bonds is 4. The molecule has 5 nitrogen and oxygen atoms in total. The van der Waals surface area contributed by atoms with Gasteiger partial charge in [-0.2, -0.15) is 0 Å². The molecule has 3 rings (SSSR count). The number of anilines is 1. The first-order valence-corrected chi connectivity index (χ1v) is 6.94. The molecule has 1 unspecified atom stereocenters. The number of methoxy groups -OCH3 is 1. The number of carbonyl (C=O) groups is 2. The summed E-state index contributed by atoms with van der Waals surface area (Å²) < 4.78 is 5.13. The Labute approximate surface area is 121 Å². The third kappa shape index (κ3) is 2.33. The predicted molar refractivity (Wildman–Crippen MR) is 74.9 cm³/mol. The van der Waals surface area contributed by atoms with Crippen molar-refractivity contribution in [3.63, 3.8) is 0 Å². The number of amides is 2. The number of ether oxygens (including phenoxy) is 1. The van der Waals surface area contributed by atoms with Gasteiger partial charge in [0, 0.05) is 12.1 Å². The third-order valence-electron chi connectivity index (χ3n) is 3.60. The minimum Gasteiger partial charge on any atom is -0.497 e. The molecule has 2 amide bonds. The number of imide groups is 1. The van der Waals surface area contributed by atoms with E-state index in [4.69, 9.17) is 16.3 Å². The van der Waals surface area contributed by atoms with Crippen LogP contribution in [0.5, 0.6) is 5.75 Å². The number of carbonyl (C=O) groups excluding carboxylic acids is 2. The quantitative estimate of drug-likeness (QED) is 0.864. The molecule has 1 heterocycles. The van der Waals surface area contributed by atoms with Crippen LogP contribution >= 0.6 is 11.6 Å². The Morgan fingerprint density at radius 3 is 2.75 bits per heavy atom. The number of benzene rings is 1. The second-order valence-corrected chi connectivity index (χ2v) is 5.49. The van der Waals surface area contributed by atoms with Crippen LogP contribution in [0.1, 0.15) is 19.3 Å². The largest absolute Gasteiger partial charge is 0.497 e. The molecular weight excluding hydrogens is 280 g/mol. The summed E-state index contributed by atoms with van der Waals surface area (Å²) in [6, 6.07) is 4.74. The molecule has 1 N–H and O–H groups in total. The summed E-state index contributed by atoms with van der Waals surface area (Å²) >= 11 is 6.10. The van der Waals surface area contributed by atoms with Crippen molar-refractivity contribution in [1.29, 1.82) is 0 Å². The van der Waals surface area contributed by atoms with Gasteiger partial charge in [-0.25, -0.2) is 0 Å². The molecule has 106 valence electrons. The van der Waals surface area contributed by atoms with Crippen LogP contribution in [0, 0.1) is 0 Å². The topological polar surface area (TPSA) is 58.6 Å². The van der Waals surface area contributed by atoms with E-state index >= 15 is 0 Å². The van der Waals surface area contributed by atoms with Crippen LogP contribution in [-0.2, 0) is 9.59 Å². The van der Waals surface area contributed by atoms with Gasteiger partial charge in [-0.1, -0.05) is 11.6 Å². The molecule has 0 spiro atoms. The SMILES string of the molecule is COc1ccc(Cl)c(NC2CC(=O)N(C3CC3)C2=O)c1. The average molecular weight is 295 g/mol. The van der Waals surface area contributed by atoms with E-state index in [1.807, 2.05) is 0 Å². The van der Waals surface area contributed by atoms with Gasteiger partial charge in [0.2, 0.25) is 5.91 Å². The van der Waals surface area contributed by atoms with Crippen LogP contribution in [0.3, 0.4) is 0 Å². The fourth-order valence-electron chi connectivity index (χ4n) is 2.41. The van der Waals surface area contributed by atoms with E-state index in [9.17, 15) is 9.59 Å². The van der Waals surface area contributed by atoms with Crippen molar-refractivity contribution in [1.82, 2.24) is 4.90 Å². The van der Waals surface area contributed by atoms with Crippen LogP contribution in [0.25, 0.3) is 0 Å². The van der Waals surface area contributed by atoms with Gasteiger partial charge in [0.15, 0.2) is 0 Å². The first-order valence-electron chi connectivity index (χ1n) is 6.56. The molecule has 1 aliphatic heterocycles. The molecule has 1 saturated carbocycles. The van der Waals surface area contributed by atoms with E-state index in [0.29, 0.717) is 16.5 Å². The zero-order valence-electron chi connectivity index (χ0n) is 11.1. The lowest BCUT2D eigenvalue weighted by Gasteiger charge is -2.16. The van der Waals surface area contributed by atoms with Crippen LogP contribution < -0.4 is 10.1 Å². The van der Waals surface area contributed by atoms with Gasteiger partial charge in [-0.3, -0.25) is 14.5 Å². The number of hydrogen-bond donors (Lipinski definition) is 1. The highest BCUT2D eigenvalue weighted by Gasteiger charge is 2.46. The van der Waals surface area contributed by atoms with Crippen LogP contribution in [0.15, 0.2) is 18.2 Å². The summed E-state index contributed by atoms with van der Waals surface area (Å²) in [6.45, 7) is 0. The molecule has 1 saturated heterocycles. The minimum absolute atomic E-state index is 0.103. The van der Waals surface area contributed by atoms with Gasteiger partial charge in [-0.15, -0.1) is 0 Å². The number of halogens is 1. The Balaban J connectivity index is 1.78. The monoisotopic (exact) mass is 294 g/mol. The van der Waals surface area contributed by atoms with Gasteiger partial charge < -0.3 is 10.1 Å². The smallest absolute Gasteiger partial charge is 0.252 e. The lowest BCUT2D eigenvalue weighted by atomic mass is 10.2. The van der Waals surface area contributed by atoms with Crippen molar-refractivity contribution in [3.05, 3.63) is 23.2 Å². The van der Waals surface area contributed by atoms with Crippen molar-refractivity contribution < 1.29 is 14.3 Å². The van der Waals surface area contributed by atoms with Crippen LogP contribution in [0.4, 0.5) is 5.69 Å². The van der Waals surface area contributed by atoms with Crippen molar-refractivity contribution in [2.24, 2.45) is 0 Å². The fraction of sp³-hybridized carbons (Fsp3) is 0.429. The van der Waals surface area contributed by atoms with Crippen LogP contribution in [0.2, 0.25) is 5.02 Å². The maximum Gasteiger partial charge on any atom is 0.252 e. The second-order valence-electron chi connectivity index (χ2n) is 5.08. The Bertz CT molecular complexity index is 572. The molecule has 0 radical (unpaired) electrons. The summed E-state index contributed by atoms with van der Waals surface area (Å²) in [7, 11) is 1.56. The summed E-state index contributed by atoms with van der Waals surface area (Å²) in [5, 5.41) is 3.55. The van der Waals surface area contributed by atoms with E-state index in [0.717, 1.165) is 12.8 Å². The second kappa shape index (κ2) is 4.98. The molecule has 0 bridgehead atoms. The van der Waals surface area contributed by atoms with Crippen molar-refractivity contribution in [3.8, 4) is 5.75 Å². The average Bonchev–Trinajstić information content (AvgIpc) is 3.21. The molecule has 2 aliphatic rings. The highest BCUT2D eigenvalue weighted by molar-refractivity contribution is 6.33. The summed E-state index contributed by atoms with van der Waals surface area (Å²) in [6.07, 6.45) is 2.02. The molecule has 1 aromatic carbocycles. The lowest BCUT2D eigenvalue weighted by molar-refractivity contribution is -0.139. The van der Waals surface area contributed by atoms with Gasteiger partial charge in [-0.05, 0) is 25.0 Å². The van der Waals surface area contributed by atoms with Gasteiger partial charge in [0.25, 0.3) is 5.91 Å². The van der Waals surface area contributed by atoms with E-state index in [1.165, 1.54) is 4.90 Å². The number of nitrogens with zero attached hydrogens (tertiary/aromatic N) is 1. The van der Waals surface area contributed by atoms with Crippen molar-refractivity contribution in [2.75, 3.05) is 12.4 Å². The number of likely N-dealkylation sites (tertiary alicyclic amines) is 1. The zero-order valence-corrected chi connectivity index (χ0v) is 11.8. The standard InChI is InChI=1S/C14H15ClN2O3/c1-20-9-4-5-10(15)11(6-9)16-12-7-13(18)17(14(12)19)8-2-3-8/h4-6,8,12,16H,2-3,7H2,1H3. The summed E-state index contributed by atoms with van der Waals surface area (Å²) in [5.41, 5.74) is 0.606. The van der Waals surface area contributed by atoms with E-state index in [-0.39, 0.29) is 24.3 Å². The van der Waals surface area contributed by atoms with E-state index in [2.05, 4.69) is 5.32 Å². The maximum atomic E-state index is 12.2. The molecule has 1 aromatic rings. The Morgan fingerprint density at radius 1 is 1.35 bits per heavy atom. The summed E-state index contributed by atoms with van der Waals surface area (Å²) in [5.74, 6) is 0.387. The van der Waals surface area contributed by atoms with E-state index in [1.54, 1.807) is 25.3 Å². The zero-order chi connectivity index (χ0) is 14.3. The molecule has 6 heteroatoms. The molecule has 20 heavy (non-hydrogen) atoms. The van der Waals surface area contributed by atoms with Gasteiger partial charge in [0.05, 0.1) is 24.2 Å². The van der Waals surface area contributed by atoms with Crippen molar-refractivity contribution in [2.45, 2.75) is 31.3 Å². The van der Waals surface area contributed by atoms with Gasteiger partial charge in [0.1, 0.15) is 11.8 Å². The minimum atomic E-state index is -0.535. The first-order chi connectivity index (χ1) is 9.60. The van der Waals surface area contributed by atoms with Crippen LogP contribution in [-0.4, -0.2) is 35.9 Å². The molecular formula is C14H15ClN2O3. The Kier molecular flexibility index (Phi) is 3.30. The summed E-state index contributed by atoms with van der Waals surface area (Å²) in [4.78, 5) is 25.5. The Morgan fingerprint density at radius 2 is 2.10 bits per heavy atom. The van der Waals surface area contributed by atoms with Crippen molar-refractivity contribution >= 4 is 29.1 Å². The molecule has 1 atom stereocenters. The molecule has 0 aromatic heterocycles. The maximum absolute atomic E-state index is 12.2. The first kappa shape index (κ1) is 13.2. The fourth-order valence-corrected chi connectivity index (χ4v) is 2.58. The number of hydrogen-bond acceptors (Lipinski definition) is 4. The van der Waals surface area contributed by atoms with Gasteiger partial charge >= 0.3 is 0 Å². The predicted octanol–water partition coefficient (Wildman–Crippen LogP) is 2.05. The lowest BCUT2D eigenvalue weighted by Crippen LogP contribution is -2.36. The van der Waals surface area contributed by atoms with E-state index < -0.39 is 6.04 Å².